The smallest absolute Gasteiger partial charge is 0.193 e. The maximum atomic E-state index is 12.6. The Balaban J connectivity index is 1.22. The van der Waals surface area contributed by atoms with Gasteiger partial charge in [-0.1, -0.05) is 29.3 Å². The Morgan fingerprint density at radius 3 is 2.21 bits per heavy atom. The van der Waals surface area contributed by atoms with Crippen LogP contribution in [0.2, 0.25) is 10.0 Å². The van der Waals surface area contributed by atoms with E-state index in [9.17, 15) is 9.90 Å². The van der Waals surface area contributed by atoms with Crippen LogP contribution in [-0.2, 0) is 0 Å². The Bertz CT molecular complexity index is 1070. The Morgan fingerprint density at radius 1 is 0.939 bits per heavy atom. The lowest BCUT2D eigenvalue weighted by atomic mass is 10.0. The number of rotatable bonds is 8. The van der Waals surface area contributed by atoms with Crippen molar-refractivity contribution in [2.75, 3.05) is 44.2 Å². The van der Waals surface area contributed by atoms with Gasteiger partial charge in [0.1, 0.15) is 25.0 Å². The maximum Gasteiger partial charge on any atom is 0.193 e. The molecule has 0 amide bonds. The zero-order valence-corrected chi connectivity index (χ0v) is 19.7. The van der Waals surface area contributed by atoms with Gasteiger partial charge in [0.15, 0.2) is 5.78 Å². The number of ketones is 1. The van der Waals surface area contributed by atoms with Crippen LogP contribution in [0, 0.1) is 0 Å². The Morgan fingerprint density at radius 2 is 1.58 bits per heavy atom. The van der Waals surface area contributed by atoms with Crippen LogP contribution in [0.4, 0.5) is 5.69 Å². The summed E-state index contributed by atoms with van der Waals surface area (Å²) >= 11 is 12.0. The third-order valence-corrected chi connectivity index (χ3v) is 6.32. The number of carbonyl (C=O) groups excluding carboxylic acids is 1. The third-order valence-electron chi connectivity index (χ3n) is 5.83. The van der Waals surface area contributed by atoms with E-state index < -0.39 is 6.10 Å². The first-order valence-electron chi connectivity index (χ1n) is 11.0. The molecule has 0 bridgehead atoms. The number of hydrogen-bond donors (Lipinski definition) is 2. The molecule has 0 unspecified atom stereocenters. The van der Waals surface area contributed by atoms with Gasteiger partial charge in [0.05, 0.1) is 26.2 Å². The second-order valence-corrected chi connectivity index (χ2v) is 9.12. The van der Waals surface area contributed by atoms with Crippen molar-refractivity contribution in [2.24, 2.45) is 0 Å². The molecule has 3 aromatic carbocycles. The summed E-state index contributed by atoms with van der Waals surface area (Å²) in [5, 5.41) is 11.8. The monoisotopic (exact) mass is 485 g/mol. The molecule has 0 saturated carbocycles. The van der Waals surface area contributed by atoms with E-state index in [0.717, 1.165) is 36.9 Å². The van der Waals surface area contributed by atoms with E-state index in [1.54, 1.807) is 48.5 Å². The number of carbonyl (C=O) groups is 1. The van der Waals surface area contributed by atoms with E-state index in [4.69, 9.17) is 27.9 Å². The largest absolute Gasteiger partial charge is 0.491 e. The van der Waals surface area contributed by atoms with Crippen LogP contribution in [0.3, 0.4) is 0 Å². The van der Waals surface area contributed by atoms with E-state index in [1.165, 1.54) is 4.90 Å². The number of aliphatic hydroxyl groups is 1. The fourth-order valence-corrected chi connectivity index (χ4v) is 4.32. The average molecular weight is 486 g/mol. The minimum atomic E-state index is -0.562. The van der Waals surface area contributed by atoms with Gasteiger partial charge in [0, 0.05) is 26.9 Å². The van der Waals surface area contributed by atoms with Gasteiger partial charge >= 0.3 is 0 Å². The van der Waals surface area contributed by atoms with Gasteiger partial charge in [-0.15, -0.1) is 0 Å². The first kappa shape index (κ1) is 23.6. The SMILES string of the molecule is O=C(c1ccc(Cl)cc1)c1ccc(OC[C@@H](O)C[NH+]2CCN(c3cccc(Cl)c3)CC2)cc1. The average Bonchev–Trinajstić information content (AvgIpc) is 2.84. The Hall–Kier alpha value is -2.57. The molecule has 0 spiro atoms. The summed E-state index contributed by atoms with van der Waals surface area (Å²) in [6.07, 6.45) is -0.562. The first-order valence-corrected chi connectivity index (χ1v) is 11.8. The quantitative estimate of drug-likeness (QED) is 0.480. The van der Waals surface area contributed by atoms with Gasteiger partial charge in [-0.25, -0.2) is 0 Å². The van der Waals surface area contributed by atoms with Crippen LogP contribution in [-0.4, -0.2) is 56.3 Å². The molecule has 172 valence electrons. The summed E-state index contributed by atoms with van der Waals surface area (Å²) < 4.78 is 5.75. The van der Waals surface area contributed by atoms with Gasteiger partial charge in [-0.05, 0) is 66.7 Å². The van der Waals surface area contributed by atoms with Gasteiger partial charge in [0.2, 0.25) is 0 Å². The highest BCUT2D eigenvalue weighted by Gasteiger charge is 2.23. The van der Waals surface area contributed by atoms with Crippen LogP contribution in [0.25, 0.3) is 0 Å². The molecule has 7 heteroatoms. The second-order valence-electron chi connectivity index (χ2n) is 8.25. The summed E-state index contributed by atoms with van der Waals surface area (Å²) in [6.45, 7) is 4.59. The lowest BCUT2D eigenvalue weighted by Gasteiger charge is -2.34. The third kappa shape index (κ3) is 6.49. The summed E-state index contributed by atoms with van der Waals surface area (Å²) in [6, 6.07) is 21.7. The van der Waals surface area contributed by atoms with Crippen LogP contribution in [0.15, 0.2) is 72.8 Å². The molecule has 33 heavy (non-hydrogen) atoms. The molecule has 2 N–H and O–H groups in total. The molecule has 0 aliphatic carbocycles. The molecule has 1 aliphatic heterocycles. The number of quaternary nitrogens is 1. The summed E-state index contributed by atoms with van der Waals surface area (Å²) in [5.41, 5.74) is 2.30. The number of nitrogens with zero attached hydrogens (tertiary/aromatic N) is 1. The molecule has 1 heterocycles. The molecule has 0 aromatic heterocycles. The van der Waals surface area contributed by atoms with E-state index in [2.05, 4.69) is 11.0 Å². The molecule has 1 saturated heterocycles. The van der Waals surface area contributed by atoms with E-state index in [0.29, 0.717) is 28.4 Å². The second kappa shape index (κ2) is 11.0. The highest BCUT2D eigenvalue weighted by atomic mass is 35.5. The number of piperazine rings is 1. The van der Waals surface area contributed by atoms with Crippen LogP contribution in [0.1, 0.15) is 15.9 Å². The van der Waals surface area contributed by atoms with Gasteiger partial charge in [-0.3, -0.25) is 4.79 Å². The van der Waals surface area contributed by atoms with E-state index >= 15 is 0 Å². The van der Waals surface area contributed by atoms with Crippen molar-refractivity contribution in [3.8, 4) is 5.75 Å². The highest BCUT2D eigenvalue weighted by molar-refractivity contribution is 6.31. The molecular weight excluding hydrogens is 459 g/mol. The van der Waals surface area contributed by atoms with Crippen molar-refractivity contribution < 1.29 is 19.5 Å². The van der Waals surface area contributed by atoms with E-state index in [-0.39, 0.29) is 12.4 Å². The minimum Gasteiger partial charge on any atom is -0.491 e. The van der Waals surface area contributed by atoms with Crippen molar-refractivity contribution >= 4 is 34.7 Å². The molecule has 1 fully saturated rings. The highest BCUT2D eigenvalue weighted by Crippen LogP contribution is 2.19. The lowest BCUT2D eigenvalue weighted by Crippen LogP contribution is -3.16. The fourth-order valence-electron chi connectivity index (χ4n) is 4.01. The normalized spacial score (nSPS) is 15.3. The van der Waals surface area contributed by atoms with Gasteiger partial charge in [-0.2, -0.15) is 0 Å². The summed E-state index contributed by atoms with van der Waals surface area (Å²) in [7, 11) is 0. The van der Waals surface area contributed by atoms with Gasteiger partial charge < -0.3 is 19.6 Å². The molecular formula is C26H27Cl2N2O3+. The van der Waals surface area contributed by atoms with Crippen LogP contribution >= 0.6 is 23.2 Å². The maximum absolute atomic E-state index is 12.6. The summed E-state index contributed by atoms with van der Waals surface area (Å²) in [5.74, 6) is 0.557. The zero-order chi connectivity index (χ0) is 23.2. The van der Waals surface area contributed by atoms with Crippen molar-refractivity contribution in [1.82, 2.24) is 0 Å². The molecule has 1 aliphatic rings. The van der Waals surface area contributed by atoms with Crippen molar-refractivity contribution in [3.63, 3.8) is 0 Å². The Kier molecular flexibility index (Phi) is 7.89. The van der Waals surface area contributed by atoms with Crippen LogP contribution < -0.4 is 14.5 Å². The number of hydrogen-bond acceptors (Lipinski definition) is 4. The number of anilines is 1. The molecule has 4 rings (SSSR count). The molecule has 5 nitrogen and oxygen atoms in total. The number of ether oxygens (including phenoxy) is 1. The predicted octanol–water partition coefficient (Wildman–Crippen LogP) is 3.37. The molecule has 0 radical (unpaired) electrons. The first-order chi connectivity index (χ1) is 16.0. The molecule has 1 atom stereocenters. The number of aliphatic hydroxyl groups excluding tert-OH is 1. The van der Waals surface area contributed by atoms with Gasteiger partial charge in [0.25, 0.3) is 0 Å². The predicted molar refractivity (Wildman–Crippen MR) is 132 cm³/mol. The van der Waals surface area contributed by atoms with E-state index in [1.807, 2.05) is 18.2 Å². The van der Waals surface area contributed by atoms with Crippen LogP contribution in [0.5, 0.6) is 5.75 Å². The number of benzene rings is 3. The standard InChI is InChI=1S/C26H26Cl2N2O3/c27-21-8-4-19(5-9-21)26(32)20-6-10-25(11-7-20)33-18-24(31)17-29-12-14-30(15-13-29)23-3-1-2-22(28)16-23/h1-11,16,24,31H,12-15,17-18H2/p+1/t24-/m0/s1. The number of nitrogens with one attached hydrogen (secondary N) is 1. The summed E-state index contributed by atoms with van der Waals surface area (Å²) in [4.78, 5) is 16.2. The minimum absolute atomic E-state index is 0.0706. The lowest BCUT2D eigenvalue weighted by molar-refractivity contribution is -0.903. The fraction of sp³-hybridized carbons (Fsp3) is 0.269. The zero-order valence-electron chi connectivity index (χ0n) is 18.2. The van der Waals surface area contributed by atoms with Crippen molar-refractivity contribution in [2.45, 2.75) is 6.10 Å². The van der Waals surface area contributed by atoms with Crippen molar-refractivity contribution in [1.29, 1.82) is 0 Å². The Labute approximate surface area is 204 Å². The number of halogens is 2. The topological polar surface area (TPSA) is 54.2 Å². The molecule has 3 aromatic rings. The van der Waals surface area contributed by atoms with Crippen molar-refractivity contribution in [3.05, 3.63) is 94.0 Å².